The van der Waals surface area contributed by atoms with E-state index < -0.39 is 0 Å². The number of nitrogens with two attached hydrogens (primary N) is 1. The lowest BCUT2D eigenvalue weighted by Crippen LogP contribution is -2.40. The molecule has 21 heavy (non-hydrogen) atoms. The second kappa shape index (κ2) is 8.14. The molecule has 2 rings (SSSR count). The lowest BCUT2D eigenvalue weighted by Gasteiger charge is -2.32. The van der Waals surface area contributed by atoms with Crippen molar-refractivity contribution in [3.63, 3.8) is 0 Å². The maximum Gasteiger partial charge on any atom is 0.225 e. The first-order valence-corrected chi connectivity index (χ1v) is 8.76. The van der Waals surface area contributed by atoms with Crippen LogP contribution >= 0.6 is 0 Å². The molecule has 0 unspecified atom stereocenters. The van der Waals surface area contributed by atoms with Gasteiger partial charge in [-0.2, -0.15) is 0 Å². The molecule has 2 aliphatic rings. The van der Waals surface area contributed by atoms with Crippen molar-refractivity contribution in [3.05, 3.63) is 0 Å². The van der Waals surface area contributed by atoms with Crippen molar-refractivity contribution >= 4 is 5.91 Å². The Labute approximate surface area is 129 Å². The molecule has 0 aliphatic heterocycles. The minimum atomic E-state index is -0.126. The standard InChI is InChI=1S/C17H32N2O2/c1-17(10-3-2-4-11-17)16(20)19-12-5-13-21-15-8-6-14(18)7-9-15/h14-15H,2-13,18H2,1H3,(H,19,20). The Balaban J connectivity index is 1.54. The van der Waals surface area contributed by atoms with Crippen LogP contribution in [-0.2, 0) is 9.53 Å². The maximum absolute atomic E-state index is 12.3. The van der Waals surface area contributed by atoms with Crippen molar-refractivity contribution in [3.8, 4) is 0 Å². The van der Waals surface area contributed by atoms with Crippen molar-refractivity contribution in [2.75, 3.05) is 13.2 Å². The molecule has 0 aromatic carbocycles. The monoisotopic (exact) mass is 296 g/mol. The summed E-state index contributed by atoms with van der Waals surface area (Å²) in [5, 5.41) is 3.10. The Morgan fingerprint density at radius 2 is 1.86 bits per heavy atom. The van der Waals surface area contributed by atoms with Crippen LogP contribution in [0.1, 0.15) is 71.1 Å². The van der Waals surface area contributed by atoms with Gasteiger partial charge in [-0.1, -0.05) is 26.2 Å². The van der Waals surface area contributed by atoms with E-state index in [9.17, 15) is 4.79 Å². The van der Waals surface area contributed by atoms with Crippen molar-refractivity contribution in [2.24, 2.45) is 11.1 Å². The van der Waals surface area contributed by atoms with E-state index in [4.69, 9.17) is 10.5 Å². The SMILES string of the molecule is CC1(C(=O)NCCCOC2CCC(N)CC2)CCCCC1. The molecule has 0 aromatic heterocycles. The molecule has 0 saturated heterocycles. The fourth-order valence-corrected chi connectivity index (χ4v) is 3.55. The van der Waals surface area contributed by atoms with Gasteiger partial charge in [-0.3, -0.25) is 4.79 Å². The van der Waals surface area contributed by atoms with Crippen LogP contribution in [0.25, 0.3) is 0 Å². The third-order valence-corrected chi connectivity index (χ3v) is 5.18. The normalized spacial score (nSPS) is 29.0. The van der Waals surface area contributed by atoms with Crippen molar-refractivity contribution < 1.29 is 9.53 Å². The Morgan fingerprint density at radius 1 is 1.19 bits per heavy atom. The van der Waals surface area contributed by atoms with E-state index in [-0.39, 0.29) is 11.3 Å². The van der Waals surface area contributed by atoms with Crippen LogP contribution in [0.15, 0.2) is 0 Å². The van der Waals surface area contributed by atoms with Gasteiger partial charge >= 0.3 is 0 Å². The van der Waals surface area contributed by atoms with E-state index in [1.807, 2.05) is 0 Å². The summed E-state index contributed by atoms with van der Waals surface area (Å²) in [5.74, 6) is 0.242. The predicted molar refractivity (Wildman–Crippen MR) is 85.0 cm³/mol. The van der Waals surface area contributed by atoms with E-state index in [0.717, 1.165) is 58.1 Å². The smallest absolute Gasteiger partial charge is 0.225 e. The molecule has 2 fully saturated rings. The van der Waals surface area contributed by atoms with Crippen LogP contribution in [0.2, 0.25) is 0 Å². The van der Waals surface area contributed by atoms with Gasteiger partial charge in [0.15, 0.2) is 0 Å². The first kappa shape index (κ1) is 16.8. The molecule has 122 valence electrons. The average Bonchev–Trinajstić information content (AvgIpc) is 2.49. The molecule has 0 heterocycles. The fourth-order valence-electron chi connectivity index (χ4n) is 3.55. The number of ether oxygens (including phenoxy) is 1. The van der Waals surface area contributed by atoms with Crippen molar-refractivity contribution in [1.29, 1.82) is 0 Å². The Hall–Kier alpha value is -0.610. The number of hydrogen-bond acceptors (Lipinski definition) is 3. The number of carbonyl (C=O) groups is 1. The quantitative estimate of drug-likeness (QED) is 0.741. The maximum atomic E-state index is 12.3. The van der Waals surface area contributed by atoms with E-state index in [1.54, 1.807) is 0 Å². The van der Waals surface area contributed by atoms with E-state index in [2.05, 4.69) is 12.2 Å². The van der Waals surface area contributed by atoms with Gasteiger partial charge in [-0.15, -0.1) is 0 Å². The third kappa shape index (κ3) is 5.26. The topological polar surface area (TPSA) is 64.3 Å². The molecule has 0 atom stereocenters. The van der Waals surface area contributed by atoms with Crippen molar-refractivity contribution in [1.82, 2.24) is 5.32 Å². The highest BCUT2D eigenvalue weighted by atomic mass is 16.5. The number of nitrogens with one attached hydrogen (secondary N) is 1. The summed E-state index contributed by atoms with van der Waals surface area (Å²) in [6, 6.07) is 0.375. The molecule has 2 aliphatic carbocycles. The molecule has 0 bridgehead atoms. The zero-order valence-electron chi connectivity index (χ0n) is 13.5. The molecule has 3 N–H and O–H groups in total. The van der Waals surface area contributed by atoms with E-state index in [1.165, 1.54) is 19.3 Å². The second-order valence-electron chi connectivity index (χ2n) is 7.14. The molecule has 0 aromatic rings. The summed E-state index contributed by atoms with van der Waals surface area (Å²) in [6.45, 7) is 3.60. The lowest BCUT2D eigenvalue weighted by atomic mass is 9.75. The lowest BCUT2D eigenvalue weighted by molar-refractivity contribution is -0.131. The summed E-state index contributed by atoms with van der Waals surface area (Å²) in [7, 11) is 0. The first-order valence-electron chi connectivity index (χ1n) is 8.76. The number of carbonyl (C=O) groups excluding carboxylic acids is 1. The van der Waals surface area contributed by atoms with Crippen molar-refractivity contribution in [2.45, 2.75) is 83.3 Å². The van der Waals surface area contributed by atoms with Gasteiger partial charge in [0, 0.05) is 24.6 Å². The summed E-state index contributed by atoms with van der Waals surface area (Å²) in [6.07, 6.45) is 11.4. The fraction of sp³-hybridized carbons (Fsp3) is 0.941. The third-order valence-electron chi connectivity index (χ3n) is 5.18. The highest BCUT2D eigenvalue weighted by Crippen LogP contribution is 2.35. The van der Waals surface area contributed by atoms with Crippen LogP contribution in [0.3, 0.4) is 0 Å². The van der Waals surface area contributed by atoms with Gasteiger partial charge in [-0.25, -0.2) is 0 Å². The minimum Gasteiger partial charge on any atom is -0.378 e. The van der Waals surface area contributed by atoms with Crippen LogP contribution in [0.5, 0.6) is 0 Å². The Kier molecular flexibility index (Phi) is 6.49. The molecule has 4 heteroatoms. The van der Waals surface area contributed by atoms with Crippen LogP contribution in [-0.4, -0.2) is 31.2 Å². The van der Waals surface area contributed by atoms with Gasteiger partial charge < -0.3 is 15.8 Å². The molecular weight excluding hydrogens is 264 g/mol. The average molecular weight is 296 g/mol. The van der Waals surface area contributed by atoms with E-state index >= 15 is 0 Å². The van der Waals surface area contributed by atoms with Gasteiger partial charge in [-0.05, 0) is 44.9 Å². The minimum absolute atomic E-state index is 0.126. The van der Waals surface area contributed by atoms with Gasteiger partial charge in [0.1, 0.15) is 0 Å². The number of amides is 1. The molecule has 4 nitrogen and oxygen atoms in total. The molecule has 1 amide bonds. The molecule has 2 saturated carbocycles. The zero-order valence-corrected chi connectivity index (χ0v) is 13.5. The highest BCUT2D eigenvalue weighted by Gasteiger charge is 2.33. The summed E-state index contributed by atoms with van der Waals surface area (Å²) in [4.78, 5) is 12.3. The largest absolute Gasteiger partial charge is 0.378 e. The van der Waals surface area contributed by atoms with E-state index in [0.29, 0.717) is 12.1 Å². The predicted octanol–water partition coefficient (Wildman–Crippen LogP) is 2.75. The number of rotatable bonds is 6. The highest BCUT2D eigenvalue weighted by molar-refractivity contribution is 5.82. The number of hydrogen-bond donors (Lipinski definition) is 2. The zero-order chi connectivity index (χ0) is 15.1. The van der Waals surface area contributed by atoms with Crippen LogP contribution in [0.4, 0.5) is 0 Å². The summed E-state index contributed by atoms with van der Waals surface area (Å²) >= 11 is 0. The van der Waals surface area contributed by atoms with Gasteiger partial charge in [0.05, 0.1) is 6.10 Å². The molecule has 0 radical (unpaired) electrons. The molecular formula is C17H32N2O2. The molecule has 0 spiro atoms. The van der Waals surface area contributed by atoms with Crippen LogP contribution in [0, 0.1) is 5.41 Å². The van der Waals surface area contributed by atoms with Gasteiger partial charge in [0.2, 0.25) is 5.91 Å². The van der Waals surface area contributed by atoms with Gasteiger partial charge in [0.25, 0.3) is 0 Å². The Bertz CT molecular complexity index is 319. The first-order chi connectivity index (χ1) is 10.1. The second-order valence-corrected chi connectivity index (χ2v) is 7.14. The summed E-state index contributed by atoms with van der Waals surface area (Å²) < 4.78 is 5.88. The Morgan fingerprint density at radius 3 is 2.52 bits per heavy atom. The summed E-state index contributed by atoms with van der Waals surface area (Å²) in [5.41, 5.74) is 5.76. The van der Waals surface area contributed by atoms with Crippen LogP contribution < -0.4 is 11.1 Å².